The second-order valence-corrected chi connectivity index (χ2v) is 18.9. The number of hydrogen-bond donors (Lipinski definition) is 2. The van der Waals surface area contributed by atoms with E-state index in [1.165, 1.54) is 26.5 Å². The molecule has 0 bridgehead atoms. The van der Waals surface area contributed by atoms with Crippen LogP contribution in [0.15, 0.2) is 77.9 Å². The Bertz CT molecular complexity index is 2850. The van der Waals surface area contributed by atoms with Crippen LogP contribution in [0.3, 0.4) is 0 Å². The zero-order valence-electron chi connectivity index (χ0n) is 37.8. The summed E-state index contributed by atoms with van der Waals surface area (Å²) < 4.78 is 20.6. The monoisotopic (exact) mass is 895 g/mol. The van der Waals surface area contributed by atoms with Gasteiger partial charge in [0.25, 0.3) is 5.91 Å². The molecule has 0 saturated carbocycles. The molecule has 8 heterocycles. The number of nitrogens with one attached hydrogen (secondary N) is 1. The molecule has 1 unspecified atom stereocenters. The topological polar surface area (TPSA) is 160 Å². The largest absolute Gasteiger partial charge is 0.384 e. The van der Waals surface area contributed by atoms with Crippen LogP contribution in [0, 0.1) is 11.7 Å². The van der Waals surface area contributed by atoms with Gasteiger partial charge in [-0.1, -0.05) is 12.1 Å². The first-order valence-corrected chi connectivity index (χ1v) is 23.4. The van der Waals surface area contributed by atoms with E-state index in [0.29, 0.717) is 40.8 Å². The minimum Gasteiger partial charge on any atom is -0.384 e. The Labute approximate surface area is 383 Å². The van der Waals surface area contributed by atoms with Crippen LogP contribution in [-0.4, -0.2) is 120 Å². The summed E-state index contributed by atoms with van der Waals surface area (Å²) in [6.45, 7) is 9.16. The first-order chi connectivity index (χ1) is 32.0. The first kappa shape index (κ1) is 43.7. The highest BCUT2D eigenvalue weighted by Crippen LogP contribution is 2.33. The number of nitrogen functional groups attached to an aromatic ring is 1. The summed E-state index contributed by atoms with van der Waals surface area (Å²) in [6.07, 6.45) is 8.10. The molecule has 3 N–H and O–H groups in total. The van der Waals surface area contributed by atoms with E-state index in [-0.39, 0.29) is 24.7 Å². The van der Waals surface area contributed by atoms with Crippen molar-refractivity contribution in [3.63, 3.8) is 0 Å². The second-order valence-electron chi connectivity index (χ2n) is 18.9. The molecule has 4 fully saturated rings. The van der Waals surface area contributed by atoms with Crippen LogP contribution in [0.2, 0.25) is 0 Å². The minimum absolute atomic E-state index is 0.113. The fraction of sp³-hybridized carbons (Fsp3) is 0.440. The van der Waals surface area contributed by atoms with Crippen molar-refractivity contribution in [3.05, 3.63) is 112 Å². The Kier molecular flexibility index (Phi) is 12.0. The summed E-state index contributed by atoms with van der Waals surface area (Å²) in [5, 5.41) is 3.42. The lowest BCUT2D eigenvalue weighted by atomic mass is 9.88. The number of aryl methyl sites for hydroxylation is 2. The third-order valence-electron chi connectivity index (χ3n) is 14.8. The maximum absolute atomic E-state index is 15.6. The van der Waals surface area contributed by atoms with E-state index >= 15 is 4.39 Å². The zero-order chi connectivity index (χ0) is 45.6. The summed E-state index contributed by atoms with van der Waals surface area (Å²) >= 11 is 0. The molecule has 344 valence electrons. The highest BCUT2D eigenvalue weighted by molar-refractivity contribution is 6.00. The van der Waals surface area contributed by atoms with E-state index < -0.39 is 23.5 Å². The molecular weight excluding hydrogens is 838 g/mol. The summed E-state index contributed by atoms with van der Waals surface area (Å²) in [7, 11) is 3.72. The molecule has 10 rings (SSSR count). The Hall–Kier alpha value is -6.23. The van der Waals surface area contributed by atoms with E-state index in [1.54, 1.807) is 13.1 Å². The van der Waals surface area contributed by atoms with Crippen molar-refractivity contribution in [2.24, 2.45) is 20.0 Å². The Morgan fingerprint density at radius 3 is 2.21 bits per heavy atom. The van der Waals surface area contributed by atoms with Gasteiger partial charge in [0, 0.05) is 126 Å². The van der Waals surface area contributed by atoms with Gasteiger partial charge in [-0.2, -0.15) is 0 Å². The number of hydrogen-bond acceptors (Lipinski definition) is 10. The average Bonchev–Trinajstić information content (AvgIpc) is 3.77. The lowest BCUT2D eigenvalue weighted by Gasteiger charge is -2.39. The fourth-order valence-corrected chi connectivity index (χ4v) is 10.8. The van der Waals surface area contributed by atoms with Crippen LogP contribution >= 0.6 is 0 Å². The molecule has 3 amide bonds. The number of fused-ring (bicyclic) bond motifs is 2. The van der Waals surface area contributed by atoms with Crippen LogP contribution in [0.5, 0.6) is 0 Å². The molecule has 4 saturated heterocycles. The number of benzene rings is 2. The van der Waals surface area contributed by atoms with Crippen LogP contribution in [-0.2, 0) is 36.8 Å². The molecule has 2 aromatic carbocycles. The number of halogens is 1. The van der Waals surface area contributed by atoms with Gasteiger partial charge in [-0.05, 0) is 111 Å². The van der Waals surface area contributed by atoms with E-state index in [9.17, 15) is 19.2 Å². The molecule has 6 aromatic rings. The number of nitrogens with zero attached hydrogens (tertiary/aromatic N) is 9. The highest BCUT2D eigenvalue weighted by atomic mass is 19.1. The van der Waals surface area contributed by atoms with Gasteiger partial charge >= 0.3 is 5.69 Å². The van der Waals surface area contributed by atoms with Crippen LogP contribution in [0.25, 0.3) is 33.2 Å². The summed E-state index contributed by atoms with van der Waals surface area (Å²) in [6, 6.07) is 18.7. The summed E-state index contributed by atoms with van der Waals surface area (Å²) in [5.74, 6) is 0.286. The van der Waals surface area contributed by atoms with Gasteiger partial charge in [-0.25, -0.2) is 19.2 Å². The molecule has 4 aliphatic rings. The Morgan fingerprint density at radius 2 is 1.50 bits per heavy atom. The number of rotatable bonds is 10. The van der Waals surface area contributed by atoms with Gasteiger partial charge in [-0.3, -0.25) is 38.6 Å². The number of piperidine rings is 3. The van der Waals surface area contributed by atoms with Gasteiger partial charge in [-0.15, -0.1) is 0 Å². The van der Waals surface area contributed by atoms with Crippen molar-refractivity contribution in [2.45, 2.75) is 63.6 Å². The summed E-state index contributed by atoms with van der Waals surface area (Å²) in [4.78, 5) is 69.4. The Balaban J connectivity index is 0.669. The molecular formula is C50H58FN11O4. The average molecular weight is 896 g/mol. The van der Waals surface area contributed by atoms with E-state index in [0.717, 1.165) is 119 Å². The Morgan fingerprint density at radius 1 is 0.773 bits per heavy atom. The second kappa shape index (κ2) is 18.2. The van der Waals surface area contributed by atoms with Crippen molar-refractivity contribution in [1.29, 1.82) is 0 Å². The maximum Gasteiger partial charge on any atom is 0.329 e. The van der Waals surface area contributed by atoms with E-state index in [2.05, 4.69) is 54.8 Å². The number of imidazole rings is 1. The number of carbonyl (C=O) groups is 3. The van der Waals surface area contributed by atoms with E-state index in [4.69, 9.17) is 10.7 Å². The predicted octanol–water partition coefficient (Wildman–Crippen LogP) is 5.04. The fourth-order valence-electron chi connectivity index (χ4n) is 10.8. The molecule has 16 heteroatoms. The predicted molar refractivity (Wildman–Crippen MR) is 251 cm³/mol. The molecule has 0 spiro atoms. The first-order valence-electron chi connectivity index (χ1n) is 23.4. The molecule has 4 aliphatic heterocycles. The summed E-state index contributed by atoms with van der Waals surface area (Å²) in [5.41, 5.74) is 13.3. The standard InChI is InChI=1S/C50H58FN11O4/c1-56-38(26-40-39(11-16-53-47(40)56)36-7-9-45(52)54-28-36)31-58-17-14-34(15-18-58)33-3-5-35(6-4-33)49(65)61-19-12-32(13-20-61)29-59-21-23-60(24-22-59)30-37-25-43-44(27-41(37)51)62(50(66)57(43)2)42-8-10-46(63)55-48(42)64/h3-7,9,11,16,25-28,32,34,42H,8,10,12-15,17-24,29-31H2,1-2H3,(H2,52,54)(H,55,63,64). The van der Waals surface area contributed by atoms with Crippen LogP contribution in [0.1, 0.15) is 77.7 Å². The van der Waals surface area contributed by atoms with Crippen molar-refractivity contribution >= 4 is 45.6 Å². The lowest BCUT2D eigenvalue weighted by molar-refractivity contribution is -0.135. The molecule has 0 radical (unpaired) electrons. The van der Waals surface area contributed by atoms with E-state index in [1.807, 2.05) is 47.6 Å². The van der Waals surface area contributed by atoms with Crippen molar-refractivity contribution in [2.75, 3.05) is 64.6 Å². The number of nitrogens with two attached hydrogens (primary N) is 1. The van der Waals surface area contributed by atoms with Gasteiger partial charge in [0.15, 0.2) is 0 Å². The number of pyridine rings is 2. The molecule has 15 nitrogen and oxygen atoms in total. The van der Waals surface area contributed by atoms with Gasteiger partial charge in [0.2, 0.25) is 11.8 Å². The quantitative estimate of drug-likeness (QED) is 0.179. The number of carbonyl (C=O) groups excluding carboxylic acids is 3. The molecule has 4 aromatic heterocycles. The number of imide groups is 1. The third kappa shape index (κ3) is 8.64. The number of aromatic nitrogens is 5. The molecule has 1 atom stereocenters. The molecule has 0 aliphatic carbocycles. The molecule has 66 heavy (non-hydrogen) atoms. The van der Waals surface area contributed by atoms with Crippen LogP contribution < -0.4 is 16.7 Å². The van der Waals surface area contributed by atoms with Gasteiger partial charge in [0.05, 0.1) is 11.0 Å². The van der Waals surface area contributed by atoms with Crippen molar-refractivity contribution < 1.29 is 18.8 Å². The van der Waals surface area contributed by atoms with Gasteiger partial charge in [0.1, 0.15) is 23.3 Å². The maximum atomic E-state index is 15.6. The number of likely N-dealkylation sites (tertiary alicyclic amines) is 2. The SMILES string of the molecule is Cn1c(CN2CCC(c3ccc(C(=O)N4CCC(CN5CCN(Cc6cc7c(cc6F)n(C6CCC(=O)NC6=O)c(=O)n7C)CC5)CC4)cc3)CC2)cc2c(-c3ccc(N)nc3)ccnc21. The lowest BCUT2D eigenvalue weighted by Crippen LogP contribution is -2.48. The van der Waals surface area contributed by atoms with Gasteiger partial charge < -0.3 is 20.1 Å². The number of amides is 3. The zero-order valence-corrected chi connectivity index (χ0v) is 37.8. The van der Waals surface area contributed by atoms with Crippen LogP contribution in [0.4, 0.5) is 10.2 Å². The highest BCUT2D eigenvalue weighted by Gasteiger charge is 2.33. The minimum atomic E-state index is -0.854. The van der Waals surface area contributed by atoms with Crippen molar-refractivity contribution in [1.82, 2.24) is 48.6 Å². The van der Waals surface area contributed by atoms with Crippen molar-refractivity contribution in [3.8, 4) is 11.1 Å². The smallest absolute Gasteiger partial charge is 0.329 e. The number of piperazine rings is 1. The normalized spacial score (nSPS) is 19.9. The number of anilines is 1. The third-order valence-corrected chi connectivity index (χ3v) is 14.8.